The van der Waals surface area contributed by atoms with Crippen LogP contribution in [0.15, 0.2) is 53.4 Å². The third-order valence-electron chi connectivity index (χ3n) is 4.36. The summed E-state index contributed by atoms with van der Waals surface area (Å²) in [4.78, 5) is 17.7. The van der Waals surface area contributed by atoms with Crippen LogP contribution in [0, 0.1) is 11.3 Å². The fourth-order valence-corrected chi connectivity index (χ4v) is 3.80. The zero-order valence-corrected chi connectivity index (χ0v) is 15.6. The van der Waals surface area contributed by atoms with Crippen LogP contribution in [0.1, 0.15) is 12.5 Å². The van der Waals surface area contributed by atoms with Crippen molar-refractivity contribution in [3.63, 3.8) is 0 Å². The molecule has 0 spiro atoms. The van der Waals surface area contributed by atoms with Gasteiger partial charge in [-0.15, -0.1) is 11.8 Å². The molecule has 0 bridgehead atoms. The molecular weight excluding hydrogens is 344 g/mol. The molecule has 0 atom stereocenters. The number of anilines is 2. The Bertz CT molecular complexity index is 809. The number of nitrogens with zero attached hydrogens (tertiary/aromatic N) is 3. The number of urea groups is 1. The molecule has 2 aromatic carbocycles. The van der Waals surface area contributed by atoms with Gasteiger partial charge in [-0.1, -0.05) is 31.2 Å². The minimum atomic E-state index is -0.0672. The third-order valence-corrected chi connectivity index (χ3v) is 5.32. The average molecular weight is 366 g/mol. The lowest BCUT2D eigenvalue weighted by Gasteiger charge is -2.36. The first-order chi connectivity index (χ1) is 12.7. The van der Waals surface area contributed by atoms with Gasteiger partial charge in [0.05, 0.1) is 16.9 Å². The predicted molar refractivity (Wildman–Crippen MR) is 107 cm³/mol. The molecule has 26 heavy (non-hydrogen) atoms. The average Bonchev–Trinajstić information content (AvgIpc) is 2.69. The number of carbonyl (C=O) groups excluding carboxylic acids is 1. The molecule has 2 amide bonds. The van der Waals surface area contributed by atoms with Gasteiger partial charge in [0.15, 0.2) is 0 Å². The molecule has 6 heteroatoms. The molecular formula is C20H22N4OS. The van der Waals surface area contributed by atoms with Crippen molar-refractivity contribution in [2.24, 2.45) is 0 Å². The van der Waals surface area contributed by atoms with Crippen LogP contribution in [0.2, 0.25) is 0 Å². The Kier molecular flexibility index (Phi) is 6.03. The highest BCUT2D eigenvalue weighted by atomic mass is 32.2. The normalized spacial score (nSPS) is 14.0. The minimum Gasteiger partial charge on any atom is -0.367 e. The van der Waals surface area contributed by atoms with E-state index >= 15 is 0 Å². The number of hydrogen-bond acceptors (Lipinski definition) is 4. The SMILES string of the molecule is CCSc1ccccc1NC(=O)N1CCN(c2ccccc2C#N)CC1. The molecule has 0 saturated carbocycles. The molecule has 1 saturated heterocycles. The predicted octanol–water partition coefficient (Wildman–Crippen LogP) is 4.02. The van der Waals surface area contributed by atoms with E-state index in [0.29, 0.717) is 18.7 Å². The summed E-state index contributed by atoms with van der Waals surface area (Å²) < 4.78 is 0. The van der Waals surface area contributed by atoms with Crippen molar-refractivity contribution in [1.29, 1.82) is 5.26 Å². The van der Waals surface area contributed by atoms with E-state index in [1.54, 1.807) is 11.8 Å². The molecule has 2 aromatic rings. The second-order valence-electron chi connectivity index (χ2n) is 5.96. The Morgan fingerprint density at radius 1 is 1.12 bits per heavy atom. The van der Waals surface area contributed by atoms with Gasteiger partial charge in [-0.05, 0) is 30.0 Å². The van der Waals surface area contributed by atoms with E-state index in [9.17, 15) is 10.1 Å². The summed E-state index contributed by atoms with van der Waals surface area (Å²) in [5.74, 6) is 0.962. The number of thioether (sulfide) groups is 1. The smallest absolute Gasteiger partial charge is 0.321 e. The van der Waals surface area contributed by atoms with Gasteiger partial charge >= 0.3 is 6.03 Å². The molecule has 3 rings (SSSR count). The summed E-state index contributed by atoms with van der Waals surface area (Å²) in [6, 6.07) is 17.7. The Morgan fingerprint density at radius 3 is 2.54 bits per heavy atom. The van der Waals surface area contributed by atoms with Crippen molar-refractivity contribution in [2.75, 3.05) is 42.1 Å². The highest BCUT2D eigenvalue weighted by molar-refractivity contribution is 7.99. The van der Waals surface area contributed by atoms with E-state index in [2.05, 4.69) is 23.2 Å². The number of carbonyl (C=O) groups is 1. The number of rotatable bonds is 4. The molecule has 0 radical (unpaired) electrons. The fraction of sp³-hybridized carbons (Fsp3) is 0.300. The van der Waals surface area contributed by atoms with Gasteiger partial charge < -0.3 is 15.1 Å². The summed E-state index contributed by atoms with van der Waals surface area (Å²) in [6.45, 7) is 4.81. The van der Waals surface area contributed by atoms with Gasteiger partial charge in [0.1, 0.15) is 6.07 Å². The molecule has 1 N–H and O–H groups in total. The molecule has 0 aliphatic carbocycles. The van der Waals surface area contributed by atoms with Gasteiger partial charge in [-0.2, -0.15) is 5.26 Å². The maximum Gasteiger partial charge on any atom is 0.321 e. The summed E-state index contributed by atoms with van der Waals surface area (Å²) in [6.07, 6.45) is 0. The highest BCUT2D eigenvalue weighted by Crippen LogP contribution is 2.27. The second kappa shape index (κ2) is 8.63. The van der Waals surface area contributed by atoms with E-state index in [-0.39, 0.29) is 6.03 Å². The van der Waals surface area contributed by atoms with Gasteiger partial charge in [-0.25, -0.2) is 4.79 Å². The van der Waals surface area contributed by atoms with Gasteiger partial charge in [0.25, 0.3) is 0 Å². The Hall–Kier alpha value is -2.65. The molecule has 134 valence electrons. The largest absolute Gasteiger partial charge is 0.367 e. The van der Waals surface area contributed by atoms with Gasteiger partial charge in [0.2, 0.25) is 0 Å². The number of piperazine rings is 1. The summed E-state index contributed by atoms with van der Waals surface area (Å²) in [5.41, 5.74) is 2.48. The van der Waals surface area contributed by atoms with Crippen LogP contribution in [-0.2, 0) is 0 Å². The zero-order chi connectivity index (χ0) is 18.4. The molecule has 5 nitrogen and oxygen atoms in total. The van der Waals surface area contributed by atoms with Gasteiger partial charge in [0, 0.05) is 31.1 Å². The lowest BCUT2D eigenvalue weighted by atomic mass is 10.1. The van der Waals surface area contributed by atoms with Crippen molar-refractivity contribution >= 4 is 29.2 Å². The van der Waals surface area contributed by atoms with E-state index in [4.69, 9.17) is 0 Å². The van der Waals surface area contributed by atoms with Crippen LogP contribution in [0.4, 0.5) is 16.2 Å². The Morgan fingerprint density at radius 2 is 1.81 bits per heavy atom. The molecule has 1 aliphatic rings. The van der Waals surface area contributed by atoms with Crippen molar-refractivity contribution in [2.45, 2.75) is 11.8 Å². The lowest BCUT2D eigenvalue weighted by Crippen LogP contribution is -2.50. The molecule has 1 heterocycles. The maximum atomic E-state index is 12.6. The van der Waals surface area contributed by atoms with E-state index in [1.807, 2.05) is 53.4 Å². The van der Waals surface area contributed by atoms with Crippen LogP contribution in [0.25, 0.3) is 0 Å². The maximum absolute atomic E-state index is 12.6. The van der Waals surface area contributed by atoms with Crippen molar-refractivity contribution in [3.8, 4) is 6.07 Å². The quantitative estimate of drug-likeness (QED) is 0.830. The highest BCUT2D eigenvalue weighted by Gasteiger charge is 2.23. The second-order valence-corrected chi connectivity index (χ2v) is 7.27. The lowest BCUT2D eigenvalue weighted by molar-refractivity contribution is 0.208. The molecule has 0 unspecified atom stereocenters. The number of benzene rings is 2. The number of nitrogens with one attached hydrogen (secondary N) is 1. The molecule has 1 fully saturated rings. The van der Waals surface area contributed by atoms with Crippen LogP contribution in [0.3, 0.4) is 0 Å². The van der Waals surface area contributed by atoms with E-state index in [0.717, 1.165) is 35.1 Å². The van der Waals surface area contributed by atoms with Crippen LogP contribution in [-0.4, -0.2) is 42.9 Å². The van der Waals surface area contributed by atoms with Gasteiger partial charge in [-0.3, -0.25) is 0 Å². The first-order valence-electron chi connectivity index (χ1n) is 8.74. The standard InChI is InChI=1S/C20H22N4OS/c1-2-26-19-10-6-4-8-17(19)22-20(25)24-13-11-23(12-14-24)18-9-5-3-7-16(18)15-21/h3-10H,2,11-14H2,1H3,(H,22,25). The van der Waals surface area contributed by atoms with Crippen LogP contribution < -0.4 is 10.2 Å². The molecule has 0 aromatic heterocycles. The number of amides is 2. The van der Waals surface area contributed by atoms with Crippen LogP contribution in [0.5, 0.6) is 0 Å². The summed E-state index contributed by atoms with van der Waals surface area (Å²) in [5, 5.41) is 12.3. The van der Waals surface area contributed by atoms with Crippen molar-refractivity contribution in [3.05, 3.63) is 54.1 Å². The van der Waals surface area contributed by atoms with Crippen molar-refractivity contribution < 1.29 is 4.79 Å². The summed E-state index contributed by atoms with van der Waals surface area (Å²) in [7, 11) is 0. The number of hydrogen-bond donors (Lipinski definition) is 1. The molecule has 1 aliphatic heterocycles. The fourth-order valence-electron chi connectivity index (χ4n) is 3.04. The number of para-hydroxylation sites is 2. The number of nitriles is 1. The summed E-state index contributed by atoms with van der Waals surface area (Å²) >= 11 is 1.72. The first kappa shape index (κ1) is 18.2. The first-order valence-corrected chi connectivity index (χ1v) is 9.73. The Balaban J connectivity index is 1.62. The third kappa shape index (κ3) is 4.12. The topological polar surface area (TPSA) is 59.4 Å². The minimum absolute atomic E-state index is 0.0672. The van der Waals surface area contributed by atoms with E-state index < -0.39 is 0 Å². The van der Waals surface area contributed by atoms with Crippen LogP contribution >= 0.6 is 11.8 Å². The Labute approximate surface area is 158 Å². The van der Waals surface area contributed by atoms with Crippen molar-refractivity contribution in [1.82, 2.24) is 4.90 Å². The van der Waals surface area contributed by atoms with E-state index in [1.165, 1.54) is 0 Å². The zero-order valence-electron chi connectivity index (χ0n) is 14.8. The monoisotopic (exact) mass is 366 g/mol.